The second kappa shape index (κ2) is 5.14. The first-order valence-corrected chi connectivity index (χ1v) is 4.32. The molecule has 1 heterocycles. The topological polar surface area (TPSA) is 81.8 Å². The van der Waals surface area contributed by atoms with Crippen molar-refractivity contribution in [1.29, 1.82) is 5.26 Å². The van der Waals surface area contributed by atoms with E-state index in [1.165, 1.54) is 0 Å². The third kappa shape index (κ3) is 2.99. The number of hydrogen-bond acceptors (Lipinski definition) is 5. The molecule has 1 aromatic heterocycles. The highest BCUT2D eigenvalue weighted by molar-refractivity contribution is 5.25. The molecular formula is C9H12N4O. The van der Waals surface area contributed by atoms with E-state index in [2.05, 4.69) is 21.4 Å². The molecule has 5 heteroatoms. The van der Waals surface area contributed by atoms with Crippen LogP contribution >= 0.6 is 0 Å². The van der Waals surface area contributed by atoms with E-state index in [1.807, 2.05) is 6.92 Å². The van der Waals surface area contributed by atoms with E-state index in [0.717, 1.165) is 0 Å². The van der Waals surface area contributed by atoms with Crippen LogP contribution in [0, 0.1) is 17.2 Å². The fourth-order valence-corrected chi connectivity index (χ4v) is 0.859. The van der Waals surface area contributed by atoms with Crippen LogP contribution in [0.3, 0.4) is 0 Å². The SMILES string of the molecule is CC(C#N)CNc1nccc(CO)n1. The summed E-state index contributed by atoms with van der Waals surface area (Å²) in [5.41, 5.74) is 0.562. The summed E-state index contributed by atoms with van der Waals surface area (Å²) in [4.78, 5) is 7.97. The van der Waals surface area contributed by atoms with E-state index >= 15 is 0 Å². The lowest BCUT2D eigenvalue weighted by Crippen LogP contribution is -2.12. The zero-order valence-electron chi connectivity index (χ0n) is 7.94. The lowest BCUT2D eigenvalue weighted by molar-refractivity contribution is 0.277. The highest BCUT2D eigenvalue weighted by atomic mass is 16.3. The standard InChI is InChI=1S/C9H12N4O/c1-7(4-10)5-12-9-11-3-2-8(6-14)13-9/h2-3,7,14H,5-6H2,1H3,(H,11,12,13). The largest absolute Gasteiger partial charge is 0.390 e. The van der Waals surface area contributed by atoms with Gasteiger partial charge in [0.2, 0.25) is 5.95 Å². The van der Waals surface area contributed by atoms with Crippen molar-refractivity contribution in [3.8, 4) is 6.07 Å². The van der Waals surface area contributed by atoms with E-state index in [4.69, 9.17) is 10.4 Å². The van der Waals surface area contributed by atoms with Crippen molar-refractivity contribution in [3.63, 3.8) is 0 Å². The van der Waals surface area contributed by atoms with Gasteiger partial charge in [-0.15, -0.1) is 0 Å². The van der Waals surface area contributed by atoms with Crippen LogP contribution in [-0.4, -0.2) is 21.6 Å². The van der Waals surface area contributed by atoms with Gasteiger partial charge in [-0.25, -0.2) is 9.97 Å². The minimum absolute atomic E-state index is 0.0867. The predicted octanol–water partition coefficient (Wildman–Crippen LogP) is 0.540. The minimum atomic E-state index is -0.106. The van der Waals surface area contributed by atoms with Crippen molar-refractivity contribution < 1.29 is 5.11 Å². The summed E-state index contributed by atoms with van der Waals surface area (Å²) < 4.78 is 0. The van der Waals surface area contributed by atoms with Gasteiger partial charge in [0.1, 0.15) is 0 Å². The number of aromatic nitrogens is 2. The number of aliphatic hydroxyl groups excluding tert-OH is 1. The smallest absolute Gasteiger partial charge is 0.222 e. The molecule has 0 aromatic carbocycles. The van der Waals surface area contributed by atoms with E-state index in [0.29, 0.717) is 18.2 Å². The second-order valence-electron chi connectivity index (χ2n) is 2.94. The molecule has 14 heavy (non-hydrogen) atoms. The Hall–Kier alpha value is -1.67. The van der Waals surface area contributed by atoms with Gasteiger partial charge >= 0.3 is 0 Å². The molecule has 1 aromatic rings. The van der Waals surface area contributed by atoms with Crippen molar-refractivity contribution in [2.75, 3.05) is 11.9 Å². The number of nitrogens with one attached hydrogen (secondary N) is 1. The van der Waals surface area contributed by atoms with Gasteiger partial charge in [0, 0.05) is 12.7 Å². The van der Waals surface area contributed by atoms with Crippen molar-refractivity contribution in [2.45, 2.75) is 13.5 Å². The van der Waals surface area contributed by atoms with Crippen LogP contribution in [-0.2, 0) is 6.61 Å². The molecule has 0 aliphatic carbocycles. The van der Waals surface area contributed by atoms with Gasteiger partial charge in [0.15, 0.2) is 0 Å². The predicted molar refractivity (Wildman–Crippen MR) is 51.2 cm³/mol. The van der Waals surface area contributed by atoms with E-state index in [1.54, 1.807) is 12.3 Å². The Morgan fingerprint density at radius 1 is 1.71 bits per heavy atom. The molecule has 1 atom stereocenters. The van der Waals surface area contributed by atoms with Gasteiger partial charge in [0.25, 0.3) is 0 Å². The molecule has 74 valence electrons. The summed E-state index contributed by atoms with van der Waals surface area (Å²) in [5.74, 6) is 0.357. The molecule has 1 unspecified atom stereocenters. The summed E-state index contributed by atoms with van der Waals surface area (Å²) >= 11 is 0. The summed E-state index contributed by atoms with van der Waals surface area (Å²) in [7, 11) is 0. The van der Waals surface area contributed by atoms with Crippen LogP contribution in [0.2, 0.25) is 0 Å². The summed E-state index contributed by atoms with van der Waals surface area (Å²) in [6.07, 6.45) is 1.57. The third-order valence-electron chi connectivity index (χ3n) is 1.66. The first kappa shape index (κ1) is 10.4. The molecule has 0 fully saturated rings. The number of aliphatic hydroxyl groups is 1. The van der Waals surface area contributed by atoms with Gasteiger partial charge in [-0.1, -0.05) is 0 Å². The number of rotatable bonds is 4. The number of anilines is 1. The van der Waals surface area contributed by atoms with Crippen LogP contribution in [0.15, 0.2) is 12.3 Å². The lowest BCUT2D eigenvalue weighted by Gasteiger charge is -2.05. The summed E-state index contributed by atoms with van der Waals surface area (Å²) in [6.45, 7) is 2.21. The van der Waals surface area contributed by atoms with Crippen molar-refractivity contribution >= 4 is 5.95 Å². The maximum Gasteiger partial charge on any atom is 0.222 e. The van der Waals surface area contributed by atoms with Crippen molar-refractivity contribution in [1.82, 2.24) is 9.97 Å². The average molecular weight is 192 g/mol. The van der Waals surface area contributed by atoms with E-state index in [-0.39, 0.29) is 12.5 Å². The van der Waals surface area contributed by atoms with Crippen LogP contribution in [0.25, 0.3) is 0 Å². The fraction of sp³-hybridized carbons (Fsp3) is 0.444. The van der Waals surface area contributed by atoms with E-state index in [9.17, 15) is 0 Å². The molecular weight excluding hydrogens is 180 g/mol. The maximum absolute atomic E-state index is 8.82. The molecule has 0 radical (unpaired) electrons. The van der Waals surface area contributed by atoms with Gasteiger partial charge in [-0.2, -0.15) is 5.26 Å². The zero-order valence-corrected chi connectivity index (χ0v) is 7.94. The summed E-state index contributed by atoms with van der Waals surface area (Å²) in [5, 5.41) is 20.3. The van der Waals surface area contributed by atoms with Crippen molar-refractivity contribution in [3.05, 3.63) is 18.0 Å². The Labute approximate surface area is 82.4 Å². The number of nitrogens with zero attached hydrogens (tertiary/aromatic N) is 3. The second-order valence-corrected chi connectivity index (χ2v) is 2.94. The number of hydrogen-bond donors (Lipinski definition) is 2. The Bertz CT molecular complexity index is 334. The lowest BCUT2D eigenvalue weighted by atomic mass is 10.2. The van der Waals surface area contributed by atoms with Gasteiger partial charge < -0.3 is 10.4 Å². The summed E-state index contributed by atoms with van der Waals surface area (Å²) in [6, 6.07) is 3.73. The molecule has 0 aliphatic heterocycles. The highest BCUT2D eigenvalue weighted by Gasteiger charge is 2.01. The van der Waals surface area contributed by atoms with Crippen LogP contribution in [0.4, 0.5) is 5.95 Å². The monoisotopic (exact) mass is 192 g/mol. The molecule has 0 amide bonds. The molecule has 0 saturated carbocycles. The Kier molecular flexibility index (Phi) is 3.83. The minimum Gasteiger partial charge on any atom is -0.390 e. The van der Waals surface area contributed by atoms with Gasteiger partial charge in [-0.05, 0) is 13.0 Å². The third-order valence-corrected chi connectivity index (χ3v) is 1.66. The molecule has 0 bridgehead atoms. The average Bonchev–Trinajstić information content (AvgIpc) is 2.26. The molecule has 5 nitrogen and oxygen atoms in total. The van der Waals surface area contributed by atoms with Crippen LogP contribution in [0.5, 0.6) is 0 Å². The molecule has 0 spiro atoms. The molecule has 0 aliphatic rings. The van der Waals surface area contributed by atoms with Crippen LogP contribution < -0.4 is 5.32 Å². The van der Waals surface area contributed by atoms with E-state index < -0.39 is 0 Å². The van der Waals surface area contributed by atoms with Gasteiger partial charge in [-0.3, -0.25) is 0 Å². The Morgan fingerprint density at radius 3 is 3.14 bits per heavy atom. The molecule has 1 rings (SSSR count). The Balaban J connectivity index is 2.55. The Morgan fingerprint density at radius 2 is 2.50 bits per heavy atom. The zero-order chi connectivity index (χ0) is 10.4. The first-order valence-electron chi connectivity index (χ1n) is 4.32. The van der Waals surface area contributed by atoms with Crippen molar-refractivity contribution in [2.24, 2.45) is 5.92 Å². The normalized spacial score (nSPS) is 11.8. The van der Waals surface area contributed by atoms with Crippen LogP contribution in [0.1, 0.15) is 12.6 Å². The maximum atomic E-state index is 8.82. The van der Waals surface area contributed by atoms with Gasteiger partial charge in [0.05, 0.1) is 24.3 Å². The quantitative estimate of drug-likeness (QED) is 0.727. The number of nitriles is 1. The fourth-order valence-electron chi connectivity index (χ4n) is 0.859. The molecule has 0 saturated heterocycles. The highest BCUT2D eigenvalue weighted by Crippen LogP contribution is 2.01. The molecule has 2 N–H and O–H groups in total. The first-order chi connectivity index (χ1) is 6.76.